The zero-order chi connectivity index (χ0) is 12.4. The van der Waals surface area contributed by atoms with E-state index in [9.17, 15) is 4.39 Å². The molecule has 0 saturated heterocycles. The number of benzene rings is 1. The molecule has 0 radical (unpaired) electrons. The highest BCUT2D eigenvalue weighted by molar-refractivity contribution is 6.00. The highest BCUT2D eigenvalue weighted by Crippen LogP contribution is 2.25. The standard InChI is InChI=1S/C13H17FN2O/c1-3-17-8-9(2)16-7-10-4-5-11(14)6-12(10)13(16)15/h4-6,9,15H,3,7-8H2,1-2H3. The van der Waals surface area contributed by atoms with Crippen LogP contribution in [-0.4, -0.2) is 30.0 Å². The van der Waals surface area contributed by atoms with E-state index in [1.165, 1.54) is 12.1 Å². The molecule has 17 heavy (non-hydrogen) atoms. The van der Waals surface area contributed by atoms with E-state index in [2.05, 4.69) is 0 Å². The Bertz CT molecular complexity index is 433. The van der Waals surface area contributed by atoms with Crippen LogP contribution in [0, 0.1) is 11.2 Å². The smallest absolute Gasteiger partial charge is 0.129 e. The molecule has 1 aromatic rings. The molecule has 1 atom stereocenters. The summed E-state index contributed by atoms with van der Waals surface area (Å²) in [6.45, 7) is 5.91. The minimum Gasteiger partial charge on any atom is -0.380 e. The summed E-state index contributed by atoms with van der Waals surface area (Å²) in [5, 5.41) is 8.05. The minimum atomic E-state index is -0.284. The number of halogens is 1. The zero-order valence-corrected chi connectivity index (χ0v) is 10.2. The van der Waals surface area contributed by atoms with Gasteiger partial charge in [0.25, 0.3) is 0 Å². The molecule has 92 valence electrons. The van der Waals surface area contributed by atoms with E-state index in [-0.39, 0.29) is 11.9 Å². The Morgan fingerprint density at radius 3 is 3.00 bits per heavy atom. The van der Waals surface area contributed by atoms with Crippen LogP contribution in [-0.2, 0) is 11.3 Å². The Hall–Kier alpha value is -1.42. The maximum absolute atomic E-state index is 13.1. The molecule has 1 unspecified atom stereocenters. The van der Waals surface area contributed by atoms with Crippen molar-refractivity contribution in [1.82, 2.24) is 4.90 Å². The number of fused-ring (bicyclic) bond motifs is 1. The topological polar surface area (TPSA) is 36.3 Å². The van der Waals surface area contributed by atoms with E-state index < -0.39 is 0 Å². The Balaban J connectivity index is 2.14. The van der Waals surface area contributed by atoms with E-state index in [1.807, 2.05) is 18.7 Å². The first kappa shape index (κ1) is 12.0. The van der Waals surface area contributed by atoms with Gasteiger partial charge >= 0.3 is 0 Å². The molecule has 1 N–H and O–H groups in total. The highest BCUT2D eigenvalue weighted by atomic mass is 19.1. The molecular formula is C13H17FN2O. The molecule has 1 aromatic carbocycles. The fraction of sp³-hybridized carbons (Fsp3) is 0.462. The summed E-state index contributed by atoms with van der Waals surface area (Å²) in [6, 6.07) is 4.78. The molecule has 0 aliphatic carbocycles. The molecule has 3 nitrogen and oxygen atoms in total. The Labute approximate surface area is 101 Å². The summed E-state index contributed by atoms with van der Waals surface area (Å²) in [4.78, 5) is 1.94. The van der Waals surface area contributed by atoms with Gasteiger partial charge in [0.2, 0.25) is 0 Å². The van der Waals surface area contributed by atoms with Gasteiger partial charge in [-0.1, -0.05) is 6.07 Å². The largest absolute Gasteiger partial charge is 0.380 e. The van der Waals surface area contributed by atoms with Gasteiger partial charge in [-0.25, -0.2) is 4.39 Å². The number of amidine groups is 1. The van der Waals surface area contributed by atoms with Gasteiger partial charge in [-0.05, 0) is 31.5 Å². The number of rotatable bonds is 4. The van der Waals surface area contributed by atoms with Crippen LogP contribution in [0.5, 0.6) is 0 Å². The Kier molecular flexibility index (Phi) is 3.43. The predicted molar refractivity (Wildman–Crippen MR) is 64.7 cm³/mol. The third kappa shape index (κ3) is 2.31. The van der Waals surface area contributed by atoms with Crippen molar-refractivity contribution in [2.75, 3.05) is 13.2 Å². The second kappa shape index (κ2) is 4.84. The number of ether oxygens (including phenoxy) is 1. The van der Waals surface area contributed by atoms with Gasteiger partial charge in [0, 0.05) is 18.7 Å². The lowest BCUT2D eigenvalue weighted by Gasteiger charge is -2.25. The lowest BCUT2D eigenvalue weighted by molar-refractivity contribution is 0.0999. The van der Waals surface area contributed by atoms with E-state index in [4.69, 9.17) is 10.1 Å². The van der Waals surface area contributed by atoms with E-state index in [1.54, 1.807) is 6.07 Å². The van der Waals surface area contributed by atoms with E-state index in [0.29, 0.717) is 31.2 Å². The van der Waals surface area contributed by atoms with E-state index in [0.717, 1.165) is 5.56 Å². The molecular weight excluding hydrogens is 219 g/mol. The summed E-state index contributed by atoms with van der Waals surface area (Å²) in [5.74, 6) is 0.111. The molecule has 0 amide bonds. The molecule has 1 aliphatic rings. The molecule has 2 rings (SSSR count). The van der Waals surface area contributed by atoms with Crippen LogP contribution in [0.25, 0.3) is 0 Å². The summed E-state index contributed by atoms with van der Waals surface area (Å²) in [7, 11) is 0. The Morgan fingerprint density at radius 2 is 2.29 bits per heavy atom. The van der Waals surface area contributed by atoms with Crippen molar-refractivity contribution in [2.45, 2.75) is 26.4 Å². The number of nitrogens with one attached hydrogen (secondary N) is 1. The fourth-order valence-electron chi connectivity index (χ4n) is 2.08. The summed E-state index contributed by atoms with van der Waals surface area (Å²) >= 11 is 0. The fourth-order valence-corrected chi connectivity index (χ4v) is 2.08. The highest BCUT2D eigenvalue weighted by Gasteiger charge is 2.27. The van der Waals surface area contributed by atoms with Crippen molar-refractivity contribution in [3.8, 4) is 0 Å². The molecule has 0 fully saturated rings. The minimum absolute atomic E-state index is 0.137. The SMILES string of the molecule is CCOCC(C)N1Cc2ccc(F)cc2C1=N. The second-order valence-corrected chi connectivity index (χ2v) is 4.29. The lowest BCUT2D eigenvalue weighted by Crippen LogP contribution is -2.36. The van der Waals surface area contributed by atoms with Gasteiger partial charge in [0.1, 0.15) is 11.7 Å². The van der Waals surface area contributed by atoms with Crippen LogP contribution < -0.4 is 0 Å². The predicted octanol–water partition coefficient (Wildman–Crippen LogP) is 2.39. The van der Waals surface area contributed by atoms with Gasteiger partial charge < -0.3 is 9.64 Å². The quantitative estimate of drug-likeness (QED) is 0.871. The van der Waals surface area contributed by atoms with Crippen LogP contribution in [0.3, 0.4) is 0 Å². The van der Waals surface area contributed by atoms with Gasteiger partial charge in [-0.3, -0.25) is 5.41 Å². The van der Waals surface area contributed by atoms with Crippen LogP contribution in [0.1, 0.15) is 25.0 Å². The van der Waals surface area contributed by atoms with Crippen molar-refractivity contribution in [2.24, 2.45) is 0 Å². The summed E-state index contributed by atoms with van der Waals surface area (Å²) in [5.41, 5.74) is 1.72. The van der Waals surface area contributed by atoms with Crippen molar-refractivity contribution in [3.05, 3.63) is 35.1 Å². The molecule has 0 spiro atoms. The number of hydrogen-bond donors (Lipinski definition) is 1. The first-order chi connectivity index (χ1) is 8.13. The van der Waals surface area contributed by atoms with Crippen molar-refractivity contribution >= 4 is 5.84 Å². The van der Waals surface area contributed by atoms with Crippen LogP contribution in [0.2, 0.25) is 0 Å². The molecule has 1 heterocycles. The average molecular weight is 236 g/mol. The third-order valence-corrected chi connectivity index (χ3v) is 3.05. The van der Waals surface area contributed by atoms with Gasteiger partial charge in [-0.15, -0.1) is 0 Å². The molecule has 4 heteroatoms. The molecule has 0 saturated carbocycles. The number of nitrogens with zero attached hydrogens (tertiary/aromatic N) is 1. The van der Waals surface area contributed by atoms with Gasteiger partial charge in [-0.2, -0.15) is 0 Å². The van der Waals surface area contributed by atoms with Crippen LogP contribution in [0.4, 0.5) is 4.39 Å². The third-order valence-electron chi connectivity index (χ3n) is 3.05. The van der Waals surface area contributed by atoms with Crippen molar-refractivity contribution in [3.63, 3.8) is 0 Å². The van der Waals surface area contributed by atoms with Crippen LogP contribution in [0.15, 0.2) is 18.2 Å². The molecule has 0 aromatic heterocycles. The monoisotopic (exact) mass is 236 g/mol. The van der Waals surface area contributed by atoms with Gasteiger partial charge in [0.15, 0.2) is 0 Å². The summed E-state index contributed by atoms with van der Waals surface area (Å²) in [6.07, 6.45) is 0. The summed E-state index contributed by atoms with van der Waals surface area (Å²) < 4.78 is 18.5. The first-order valence-electron chi connectivity index (χ1n) is 5.85. The van der Waals surface area contributed by atoms with Crippen LogP contribution >= 0.6 is 0 Å². The van der Waals surface area contributed by atoms with Gasteiger partial charge in [0.05, 0.1) is 12.6 Å². The second-order valence-electron chi connectivity index (χ2n) is 4.29. The molecule has 1 aliphatic heterocycles. The average Bonchev–Trinajstić information content (AvgIpc) is 2.64. The maximum Gasteiger partial charge on any atom is 0.129 e. The van der Waals surface area contributed by atoms with E-state index >= 15 is 0 Å². The molecule has 0 bridgehead atoms. The van der Waals surface area contributed by atoms with Crippen molar-refractivity contribution < 1.29 is 9.13 Å². The number of hydrogen-bond acceptors (Lipinski definition) is 2. The lowest BCUT2D eigenvalue weighted by atomic mass is 10.1. The first-order valence-corrected chi connectivity index (χ1v) is 5.85. The Morgan fingerprint density at radius 1 is 1.53 bits per heavy atom. The normalized spacial score (nSPS) is 16.2. The van der Waals surface area contributed by atoms with Crippen molar-refractivity contribution in [1.29, 1.82) is 5.41 Å². The zero-order valence-electron chi connectivity index (χ0n) is 10.2. The maximum atomic E-state index is 13.1.